The second-order valence-corrected chi connectivity index (χ2v) is 8.18. The van der Waals surface area contributed by atoms with Crippen molar-refractivity contribution in [2.75, 3.05) is 5.75 Å². The van der Waals surface area contributed by atoms with Crippen LogP contribution in [0, 0.1) is 11.3 Å². The van der Waals surface area contributed by atoms with Crippen LogP contribution in [0.3, 0.4) is 0 Å². The van der Waals surface area contributed by atoms with Crippen LogP contribution in [0.2, 0.25) is 0 Å². The van der Waals surface area contributed by atoms with Gasteiger partial charge in [0.05, 0.1) is 46.1 Å². The molecular weight excluding hydrogens is 395 g/mol. The topological polar surface area (TPSA) is 102 Å². The van der Waals surface area contributed by atoms with E-state index in [4.69, 9.17) is 5.26 Å². The predicted octanol–water partition coefficient (Wildman–Crippen LogP) is 2.91. The second-order valence-electron chi connectivity index (χ2n) is 5.94. The Balaban J connectivity index is 2.30. The summed E-state index contributed by atoms with van der Waals surface area (Å²) >= 11 is 0. The van der Waals surface area contributed by atoms with Gasteiger partial charge in [0.25, 0.3) is 0 Å². The molecule has 3 heterocycles. The molecule has 0 aliphatic carbocycles. The number of hydrogen-bond acceptors (Lipinski definition) is 6. The van der Waals surface area contributed by atoms with Crippen molar-refractivity contribution in [1.29, 1.82) is 5.26 Å². The molecule has 0 radical (unpaired) electrons. The summed E-state index contributed by atoms with van der Waals surface area (Å²) in [4.78, 5) is 11.7. The summed E-state index contributed by atoms with van der Waals surface area (Å²) in [7, 11) is -2.16. The highest BCUT2D eigenvalue weighted by Crippen LogP contribution is 2.32. The van der Waals surface area contributed by atoms with E-state index < -0.39 is 21.7 Å². The fourth-order valence-electron chi connectivity index (χ4n) is 2.69. The van der Waals surface area contributed by atoms with Crippen LogP contribution in [0.1, 0.15) is 18.3 Å². The molecule has 7 nitrogen and oxygen atoms in total. The van der Waals surface area contributed by atoms with Gasteiger partial charge in [0.2, 0.25) is 0 Å². The summed E-state index contributed by atoms with van der Waals surface area (Å²) in [5, 5.41) is 8.89. The molecule has 3 aromatic rings. The van der Waals surface area contributed by atoms with Gasteiger partial charge in [-0.1, -0.05) is 6.92 Å². The SMILES string of the molecule is CCS(=O)(=O)c1ccc(CC#N)nc1-c1nc2cc(C(F)(F)F)ncc2n1C. The van der Waals surface area contributed by atoms with Crippen LogP contribution >= 0.6 is 0 Å². The monoisotopic (exact) mass is 409 g/mol. The van der Waals surface area contributed by atoms with E-state index in [2.05, 4.69) is 15.0 Å². The average molecular weight is 409 g/mol. The van der Waals surface area contributed by atoms with E-state index in [0.29, 0.717) is 5.69 Å². The number of imidazole rings is 1. The van der Waals surface area contributed by atoms with Crippen LogP contribution in [0.15, 0.2) is 29.3 Å². The van der Waals surface area contributed by atoms with Crippen molar-refractivity contribution < 1.29 is 21.6 Å². The molecule has 11 heteroatoms. The molecule has 0 fully saturated rings. The molecule has 0 spiro atoms. The first-order valence-corrected chi connectivity index (χ1v) is 9.73. The van der Waals surface area contributed by atoms with Crippen LogP contribution in [0.25, 0.3) is 22.6 Å². The zero-order valence-corrected chi connectivity index (χ0v) is 15.6. The molecule has 0 N–H and O–H groups in total. The number of rotatable bonds is 4. The zero-order valence-electron chi connectivity index (χ0n) is 14.8. The largest absolute Gasteiger partial charge is 0.433 e. The maximum absolute atomic E-state index is 12.9. The van der Waals surface area contributed by atoms with Gasteiger partial charge in [-0.2, -0.15) is 18.4 Å². The lowest BCUT2D eigenvalue weighted by Crippen LogP contribution is -2.10. The normalized spacial score (nSPS) is 12.3. The maximum Gasteiger partial charge on any atom is 0.433 e. The van der Waals surface area contributed by atoms with Gasteiger partial charge < -0.3 is 4.57 Å². The third-order valence-electron chi connectivity index (χ3n) is 4.16. The van der Waals surface area contributed by atoms with Gasteiger partial charge in [-0.3, -0.25) is 0 Å². The standard InChI is InChI=1S/C17H14F3N5O2S/c1-3-28(26,27)13-5-4-10(6-7-21)23-15(13)16-24-11-8-14(17(18,19)20)22-9-12(11)25(16)2/h4-5,8-9H,3,6H2,1-2H3. The highest BCUT2D eigenvalue weighted by molar-refractivity contribution is 7.91. The number of aryl methyl sites for hydroxylation is 1. The van der Waals surface area contributed by atoms with E-state index in [1.165, 1.54) is 30.7 Å². The smallest absolute Gasteiger partial charge is 0.324 e. The van der Waals surface area contributed by atoms with E-state index in [9.17, 15) is 21.6 Å². The van der Waals surface area contributed by atoms with Gasteiger partial charge in [-0.05, 0) is 18.2 Å². The van der Waals surface area contributed by atoms with Crippen molar-refractivity contribution in [2.45, 2.75) is 24.4 Å². The lowest BCUT2D eigenvalue weighted by Gasteiger charge is -2.10. The Morgan fingerprint density at radius 1 is 1.25 bits per heavy atom. The number of alkyl halides is 3. The van der Waals surface area contributed by atoms with Gasteiger partial charge in [-0.25, -0.2) is 23.4 Å². The molecule has 0 saturated heterocycles. The lowest BCUT2D eigenvalue weighted by molar-refractivity contribution is -0.141. The van der Waals surface area contributed by atoms with Crippen molar-refractivity contribution in [1.82, 2.24) is 19.5 Å². The Hall–Kier alpha value is -3.00. The molecule has 28 heavy (non-hydrogen) atoms. The van der Waals surface area contributed by atoms with E-state index in [1.807, 2.05) is 6.07 Å². The van der Waals surface area contributed by atoms with Crippen LogP contribution in [0.4, 0.5) is 13.2 Å². The van der Waals surface area contributed by atoms with E-state index in [-0.39, 0.29) is 39.6 Å². The molecule has 146 valence electrons. The quantitative estimate of drug-likeness (QED) is 0.657. The highest BCUT2D eigenvalue weighted by atomic mass is 32.2. The van der Waals surface area contributed by atoms with Crippen molar-refractivity contribution >= 4 is 20.9 Å². The third kappa shape index (κ3) is 3.43. The molecule has 0 atom stereocenters. The van der Waals surface area contributed by atoms with E-state index in [1.54, 1.807) is 0 Å². The van der Waals surface area contributed by atoms with E-state index >= 15 is 0 Å². The summed E-state index contributed by atoms with van der Waals surface area (Å²) in [6.45, 7) is 1.47. The molecular formula is C17H14F3N5O2S. The summed E-state index contributed by atoms with van der Waals surface area (Å²) in [5.74, 6) is -0.119. The molecule has 0 bridgehead atoms. The van der Waals surface area contributed by atoms with Crippen LogP contribution in [0.5, 0.6) is 0 Å². The first-order valence-electron chi connectivity index (χ1n) is 8.08. The summed E-state index contributed by atoms with van der Waals surface area (Å²) in [6, 6.07) is 5.50. The number of sulfone groups is 1. The number of hydrogen-bond donors (Lipinski definition) is 0. The number of aromatic nitrogens is 4. The minimum atomic E-state index is -4.63. The summed E-state index contributed by atoms with van der Waals surface area (Å²) in [5.41, 5.74) is -0.490. The van der Waals surface area contributed by atoms with Crippen molar-refractivity contribution in [3.63, 3.8) is 0 Å². The van der Waals surface area contributed by atoms with E-state index in [0.717, 1.165) is 12.3 Å². The van der Waals surface area contributed by atoms with Gasteiger partial charge in [0.1, 0.15) is 11.4 Å². The Kier molecular flexibility index (Phi) is 4.84. The number of nitriles is 1. The lowest BCUT2D eigenvalue weighted by atomic mass is 10.2. The van der Waals surface area contributed by atoms with Crippen molar-refractivity contribution in [2.24, 2.45) is 7.05 Å². The second kappa shape index (κ2) is 6.87. The van der Waals surface area contributed by atoms with Crippen LogP contribution in [-0.2, 0) is 29.5 Å². The van der Waals surface area contributed by atoms with Crippen molar-refractivity contribution in [3.8, 4) is 17.6 Å². The first kappa shape index (κ1) is 19.8. The number of pyridine rings is 2. The molecule has 0 amide bonds. The van der Waals surface area contributed by atoms with Gasteiger partial charge >= 0.3 is 6.18 Å². The maximum atomic E-state index is 12.9. The highest BCUT2D eigenvalue weighted by Gasteiger charge is 2.33. The van der Waals surface area contributed by atoms with Crippen LogP contribution in [-0.4, -0.2) is 33.7 Å². The molecule has 0 saturated carbocycles. The Labute approximate surface area is 158 Å². The molecule has 3 aromatic heterocycles. The summed E-state index contributed by atoms with van der Waals surface area (Å²) < 4.78 is 65.2. The number of nitrogens with zero attached hydrogens (tertiary/aromatic N) is 5. The minimum absolute atomic E-state index is 0.00663. The third-order valence-corrected chi connectivity index (χ3v) is 5.92. The van der Waals surface area contributed by atoms with Crippen molar-refractivity contribution in [3.05, 3.63) is 35.8 Å². The molecule has 0 unspecified atom stereocenters. The first-order chi connectivity index (χ1) is 13.1. The molecule has 0 aliphatic heterocycles. The Morgan fingerprint density at radius 2 is 1.96 bits per heavy atom. The van der Waals surface area contributed by atoms with Crippen LogP contribution < -0.4 is 0 Å². The fraction of sp³-hybridized carbons (Fsp3) is 0.294. The average Bonchev–Trinajstić information content (AvgIpc) is 2.97. The number of fused-ring (bicyclic) bond motifs is 1. The zero-order chi connectivity index (χ0) is 20.7. The Morgan fingerprint density at radius 3 is 2.57 bits per heavy atom. The number of halogens is 3. The van der Waals surface area contributed by atoms with Gasteiger partial charge in [0, 0.05) is 7.05 Å². The predicted molar refractivity (Wildman–Crippen MR) is 93.8 cm³/mol. The fourth-order valence-corrected chi connectivity index (χ4v) is 3.71. The minimum Gasteiger partial charge on any atom is -0.324 e. The molecule has 3 rings (SSSR count). The molecule has 0 aliphatic rings. The summed E-state index contributed by atoms with van der Waals surface area (Å²) in [6.07, 6.45) is -3.65. The molecule has 0 aromatic carbocycles. The van der Waals surface area contributed by atoms with Gasteiger partial charge in [-0.15, -0.1) is 0 Å². The Bertz CT molecular complexity index is 1210. The van der Waals surface area contributed by atoms with Gasteiger partial charge in [0.15, 0.2) is 15.7 Å².